The molecule has 0 bridgehead atoms. The summed E-state index contributed by atoms with van der Waals surface area (Å²) >= 11 is 0. The van der Waals surface area contributed by atoms with Gasteiger partial charge in [-0.05, 0) is 38.8 Å². The summed E-state index contributed by atoms with van der Waals surface area (Å²) in [5.74, 6) is -5.99. The summed E-state index contributed by atoms with van der Waals surface area (Å²) in [6.07, 6.45) is -0.771. The molecule has 6 amide bonds. The molecule has 10 N–H and O–H groups in total. The van der Waals surface area contributed by atoms with Gasteiger partial charge in [-0.25, -0.2) is 14.4 Å². The third-order valence-electron chi connectivity index (χ3n) is 8.73. The Bertz CT molecular complexity index is 2330. The van der Waals surface area contributed by atoms with Gasteiger partial charge in [0.1, 0.15) is 45.7 Å². The first kappa shape index (κ1) is 83.2. The Kier molecular flexibility index (Phi) is 54.2. The van der Waals surface area contributed by atoms with E-state index in [1.54, 1.807) is 52.0 Å². The van der Waals surface area contributed by atoms with E-state index in [1.165, 1.54) is 6.08 Å². The van der Waals surface area contributed by atoms with Gasteiger partial charge in [-0.15, -0.1) is 0 Å². The first-order valence-electron chi connectivity index (χ1n) is 24.1. The van der Waals surface area contributed by atoms with Crippen LogP contribution >= 0.6 is 0 Å². The quantitative estimate of drug-likeness (QED) is 0.0127. The number of alkyl carbamates (subject to hydrolysis) is 2. The van der Waals surface area contributed by atoms with E-state index in [-0.39, 0.29) is 134 Å². The number of carboxylic acid groups (broad SMARTS) is 2. The number of benzene rings is 2. The molecule has 2 fully saturated rings. The van der Waals surface area contributed by atoms with E-state index in [2.05, 4.69) is 52.0 Å². The number of rotatable bonds is 23. The minimum Gasteiger partial charge on any atom is -0.512 e. The smallest absolute Gasteiger partial charge is 0.512 e. The molecule has 2 aromatic rings. The fourth-order valence-corrected chi connectivity index (χ4v) is 5.24. The maximum atomic E-state index is 11.5. The molecule has 2 heterocycles. The van der Waals surface area contributed by atoms with Gasteiger partial charge in [-0.3, -0.25) is 47.9 Å². The van der Waals surface area contributed by atoms with E-state index < -0.39 is 73.0 Å². The van der Waals surface area contributed by atoms with Crippen LogP contribution in [0.3, 0.4) is 0 Å². The van der Waals surface area contributed by atoms with E-state index in [1.807, 2.05) is 36.4 Å². The zero-order valence-corrected chi connectivity index (χ0v) is 48.1. The number of aliphatic carboxylic acids is 2. The first-order valence-corrected chi connectivity index (χ1v) is 24.1. The summed E-state index contributed by atoms with van der Waals surface area (Å²) in [5, 5.41) is 42.5. The van der Waals surface area contributed by atoms with Crippen LogP contribution in [0, 0.1) is 11.8 Å². The molecule has 2 saturated heterocycles. The number of hydrogen-bond acceptors (Lipinski definition) is 22. The van der Waals surface area contributed by atoms with E-state index in [4.69, 9.17) is 41.0 Å². The van der Waals surface area contributed by atoms with Crippen LogP contribution in [0.1, 0.15) is 65.5 Å². The van der Waals surface area contributed by atoms with Crippen LogP contribution < -0.4 is 72.1 Å². The number of hydrogen-bond donors (Lipinski definition) is 10. The number of carbonyl (C=O) groups excluding carboxylic acids is 11. The monoisotopic (exact) mass is 1180 g/mol. The fraction of sp³-hybridized carbons (Fsp3) is 0.451. The van der Waals surface area contributed by atoms with Crippen molar-refractivity contribution in [3.05, 3.63) is 90.1 Å². The Balaban J connectivity index is -0.000000311. The molecule has 1 unspecified atom stereocenters. The summed E-state index contributed by atoms with van der Waals surface area (Å²) in [5.41, 5.74) is 2.33. The second-order valence-corrected chi connectivity index (χ2v) is 15.1. The van der Waals surface area contributed by atoms with Crippen LogP contribution in [0.25, 0.3) is 0 Å². The molecule has 0 spiro atoms. The van der Waals surface area contributed by atoms with Crippen molar-refractivity contribution in [1.82, 2.24) is 42.5 Å². The van der Waals surface area contributed by atoms with Crippen LogP contribution in [-0.2, 0) is 94.4 Å². The summed E-state index contributed by atoms with van der Waals surface area (Å²) in [6, 6.07) is 18.2. The molecular weight excluding hydrogens is 1110 g/mol. The van der Waals surface area contributed by atoms with Gasteiger partial charge in [-0.1, -0.05) is 68.1 Å². The van der Waals surface area contributed by atoms with Gasteiger partial charge in [0, 0.05) is 32.8 Å². The van der Waals surface area contributed by atoms with Crippen LogP contribution in [0.5, 0.6) is 0 Å². The average molecular weight is 1180 g/mol. The number of nitrogens with zero attached hydrogens (tertiary/aromatic N) is 1. The molecule has 30 nitrogen and oxygen atoms in total. The predicted octanol–water partition coefficient (Wildman–Crippen LogP) is -3.77. The minimum absolute atomic E-state index is 0. The summed E-state index contributed by atoms with van der Waals surface area (Å²) in [6.45, 7) is 12.8. The molecule has 451 valence electrons. The topological polar surface area (TPSA) is 438 Å². The maximum absolute atomic E-state index is 11.5. The zero-order chi connectivity index (χ0) is 60.5. The maximum Gasteiger partial charge on any atom is 1.00 e. The third kappa shape index (κ3) is 51.3. The van der Waals surface area contributed by atoms with Gasteiger partial charge >= 0.3 is 77.6 Å². The SMILES string of the molecule is C.CCOC(=O)/C=C1\CNC(=O)CN1.CCOC(=O)CC(=O)CNC(=O)CNC(=O)OCc1ccccc1.CCOC(=O)CC(=O)O.CCOC(=O)CC1CNC(=O)CN1.O=C(O)CNC(=O)CNC(=O)OCc1ccccc1.[B].[C-]#N.[Na+]. The summed E-state index contributed by atoms with van der Waals surface area (Å²) in [7, 11) is 0. The molecule has 1 atom stereocenters. The molecule has 2 aromatic carbocycles. The van der Waals surface area contributed by atoms with Crippen molar-refractivity contribution < 1.29 is 131 Å². The molecule has 83 heavy (non-hydrogen) atoms. The van der Waals surface area contributed by atoms with Gasteiger partial charge in [0.15, 0.2) is 5.78 Å². The van der Waals surface area contributed by atoms with Gasteiger partial charge in [0.05, 0.1) is 59.0 Å². The Labute approximate surface area is 504 Å². The molecule has 3 radical (unpaired) electrons. The van der Waals surface area contributed by atoms with Crippen molar-refractivity contribution in [3.8, 4) is 0 Å². The van der Waals surface area contributed by atoms with Crippen LogP contribution in [0.15, 0.2) is 72.4 Å². The number of amides is 6. The van der Waals surface area contributed by atoms with E-state index in [0.29, 0.717) is 38.4 Å². The summed E-state index contributed by atoms with van der Waals surface area (Å²) in [4.78, 5) is 141. The van der Waals surface area contributed by atoms with Crippen molar-refractivity contribution in [2.45, 2.75) is 73.6 Å². The first-order chi connectivity index (χ1) is 38.2. The molecule has 0 aliphatic carbocycles. The molecule has 4 rings (SSSR count). The van der Waals surface area contributed by atoms with E-state index >= 15 is 0 Å². The second kappa shape index (κ2) is 54.0. The van der Waals surface area contributed by atoms with Gasteiger partial charge in [-0.2, -0.15) is 0 Å². The van der Waals surface area contributed by atoms with E-state index in [0.717, 1.165) is 11.1 Å². The Morgan fingerprint density at radius 2 is 1.01 bits per heavy atom. The van der Waals surface area contributed by atoms with Crippen molar-refractivity contribution in [1.29, 1.82) is 5.26 Å². The predicted molar refractivity (Wildman–Crippen MR) is 287 cm³/mol. The standard InChI is InChI=1S/C16H20N2O6.C12H14N2O5.C8H14N2O3.C8H12N2O3.C5H8O4.CN.CH4.B.Na/c1-2-23-15(21)8-13(19)9-17-14(20)10-18-16(22)24-11-12-6-4-3-5-7-12;15-10(13-7-11(16)17)6-14-12(18)19-8-9-4-2-1-3-5-9;2*1-2-13-8(12)3-6-4-10-7(11)5-9-6;1-2-9-5(8)3-4(6)7;1-2;;;/h3-7H,2,8-11H2,1H3,(H,17,20)(H,18,22);1-5H,6-8H2,(H,13,15)(H,14,18)(H,16,17);6,9H,2-5H2,1H3,(H,10,11);3,9H,2,4-5H2,1H3,(H,10,11);2-3H2,1H3,(H,6,7);;1H4;;/q;;;;;-1;;;+1/b;;;6-3+;;;;;. The van der Waals surface area contributed by atoms with Gasteiger partial charge < -0.3 is 93.0 Å². The second-order valence-electron chi connectivity index (χ2n) is 15.1. The Morgan fingerprint density at radius 3 is 1.42 bits per heavy atom. The van der Waals surface area contributed by atoms with Gasteiger partial charge in [0.25, 0.3) is 0 Å². The van der Waals surface area contributed by atoms with Crippen LogP contribution in [0.2, 0.25) is 0 Å². The van der Waals surface area contributed by atoms with Crippen molar-refractivity contribution in [2.24, 2.45) is 0 Å². The number of carboxylic acids is 2. The molecule has 0 saturated carbocycles. The molecule has 2 aliphatic rings. The summed E-state index contributed by atoms with van der Waals surface area (Å²) < 4.78 is 28.2. The van der Waals surface area contributed by atoms with Crippen molar-refractivity contribution in [3.63, 3.8) is 0 Å². The van der Waals surface area contributed by atoms with Crippen molar-refractivity contribution in [2.75, 3.05) is 78.8 Å². The van der Waals surface area contributed by atoms with E-state index in [9.17, 15) is 62.3 Å². The number of esters is 4. The normalized spacial score (nSPS) is 12.4. The number of piperazine rings is 2. The number of carbonyl (C=O) groups is 13. The molecule has 2 aliphatic heterocycles. The zero-order valence-electron chi connectivity index (χ0n) is 46.1. The number of ether oxygens (including phenoxy) is 6. The number of ketones is 1. The van der Waals surface area contributed by atoms with Gasteiger partial charge in [0.2, 0.25) is 23.6 Å². The third-order valence-corrected chi connectivity index (χ3v) is 8.73. The number of Topliss-reactive ketones (excluding diaryl/α,β-unsaturated/α-hetero) is 1. The Hall–Kier alpha value is -8.60. The largest absolute Gasteiger partial charge is 1.00 e. The minimum atomic E-state index is -1.16. The molecular formula is C51H72BN9NaO21. The van der Waals surface area contributed by atoms with Crippen LogP contribution in [-0.4, -0.2) is 181 Å². The average Bonchev–Trinajstić information content (AvgIpc) is 3.43. The Morgan fingerprint density at radius 1 is 0.566 bits per heavy atom. The molecule has 0 aromatic heterocycles. The number of nitrogens with one attached hydrogen (secondary N) is 8. The fourth-order valence-electron chi connectivity index (χ4n) is 5.24. The van der Waals surface area contributed by atoms with Crippen molar-refractivity contribution >= 4 is 85.8 Å². The van der Waals surface area contributed by atoms with Crippen LogP contribution in [0.4, 0.5) is 9.59 Å². The molecule has 32 heteroatoms.